The summed E-state index contributed by atoms with van der Waals surface area (Å²) in [5, 5.41) is 2.67. The zero-order valence-electron chi connectivity index (χ0n) is 11.0. The molecule has 1 heterocycles. The summed E-state index contributed by atoms with van der Waals surface area (Å²) < 4.78 is 44.0. The highest BCUT2D eigenvalue weighted by molar-refractivity contribution is 5.59. The Morgan fingerprint density at radius 1 is 1.30 bits per heavy atom. The van der Waals surface area contributed by atoms with Crippen molar-refractivity contribution in [2.24, 2.45) is 0 Å². The fourth-order valence-corrected chi connectivity index (χ4v) is 1.74. The Bertz CT molecular complexity index is 600. The van der Waals surface area contributed by atoms with E-state index in [9.17, 15) is 13.2 Å². The number of hydrogen-bond donors (Lipinski definition) is 2. The normalized spacial score (nSPS) is 11.7. The average Bonchev–Trinajstić information content (AvgIpc) is 2.66. The van der Waals surface area contributed by atoms with Crippen molar-refractivity contribution in [3.05, 3.63) is 41.1 Å². The van der Waals surface area contributed by atoms with Crippen molar-refractivity contribution in [1.29, 1.82) is 0 Å². The molecule has 1 aromatic heterocycles. The van der Waals surface area contributed by atoms with Crippen LogP contribution in [-0.4, -0.2) is 4.98 Å². The Balaban J connectivity index is 2.21. The van der Waals surface area contributed by atoms with Crippen molar-refractivity contribution < 1.29 is 17.6 Å². The van der Waals surface area contributed by atoms with Gasteiger partial charge in [0.25, 0.3) is 0 Å². The first-order chi connectivity index (χ1) is 9.27. The summed E-state index contributed by atoms with van der Waals surface area (Å²) in [7, 11) is 0. The Kier molecular flexibility index (Phi) is 3.61. The minimum atomic E-state index is -4.47. The molecule has 0 radical (unpaired) electrons. The lowest BCUT2D eigenvalue weighted by molar-refractivity contribution is -0.136. The van der Waals surface area contributed by atoms with Crippen molar-refractivity contribution in [2.75, 3.05) is 11.1 Å². The molecule has 0 spiro atoms. The van der Waals surface area contributed by atoms with Crippen LogP contribution in [0.3, 0.4) is 0 Å². The van der Waals surface area contributed by atoms with E-state index in [4.69, 9.17) is 10.2 Å². The summed E-state index contributed by atoms with van der Waals surface area (Å²) in [5.41, 5.74) is 5.31. The molecule has 0 atom stereocenters. The highest BCUT2D eigenvalue weighted by Crippen LogP contribution is 2.36. The lowest BCUT2D eigenvalue weighted by Crippen LogP contribution is -2.11. The zero-order valence-corrected chi connectivity index (χ0v) is 11.0. The molecule has 7 heteroatoms. The third-order valence-corrected chi connectivity index (χ3v) is 2.85. The van der Waals surface area contributed by atoms with E-state index in [0.29, 0.717) is 11.7 Å². The van der Waals surface area contributed by atoms with Crippen LogP contribution < -0.4 is 11.1 Å². The monoisotopic (exact) mass is 285 g/mol. The van der Waals surface area contributed by atoms with Crippen molar-refractivity contribution in [3.8, 4) is 0 Å². The fraction of sp³-hybridized carbons (Fsp3) is 0.308. The third-order valence-electron chi connectivity index (χ3n) is 2.85. The van der Waals surface area contributed by atoms with Gasteiger partial charge in [-0.1, -0.05) is 0 Å². The predicted octanol–water partition coefficient (Wildman–Crippen LogP) is 3.50. The van der Waals surface area contributed by atoms with Gasteiger partial charge in [-0.25, -0.2) is 4.98 Å². The molecular weight excluding hydrogens is 271 g/mol. The number of nitrogens with two attached hydrogens (primary N) is 1. The highest BCUT2D eigenvalue weighted by atomic mass is 19.4. The summed E-state index contributed by atoms with van der Waals surface area (Å²) in [6.45, 7) is 3.59. The minimum absolute atomic E-state index is 0.0554. The number of anilines is 2. The van der Waals surface area contributed by atoms with Crippen molar-refractivity contribution >= 4 is 11.4 Å². The van der Waals surface area contributed by atoms with Gasteiger partial charge in [0.1, 0.15) is 5.76 Å². The van der Waals surface area contributed by atoms with E-state index < -0.39 is 11.7 Å². The number of oxazole rings is 1. The Labute approximate surface area is 113 Å². The second-order valence-corrected chi connectivity index (χ2v) is 4.41. The minimum Gasteiger partial charge on any atom is -0.444 e. The van der Waals surface area contributed by atoms with Crippen LogP contribution in [0.4, 0.5) is 24.5 Å². The maximum Gasteiger partial charge on any atom is 0.418 e. The topological polar surface area (TPSA) is 64.1 Å². The molecular formula is C13H14F3N3O. The number of alkyl halides is 3. The van der Waals surface area contributed by atoms with Gasteiger partial charge in [0.2, 0.25) is 5.89 Å². The number of benzene rings is 1. The number of rotatable bonds is 3. The van der Waals surface area contributed by atoms with E-state index in [1.165, 1.54) is 12.1 Å². The lowest BCUT2D eigenvalue weighted by atomic mass is 10.1. The maximum absolute atomic E-state index is 12.9. The van der Waals surface area contributed by atoms with Gasteiger partial charge in [-0.3, -0.25) is 0 Å². The van der Waals surface area contributed by atoms with Gasteiger partial charge in [0.15, 0.2) is 0 Å². The van der Waals surface area contributed by atoms with Gasteiger partial charge >= 0.3 is 6.18 Å². The highest BCUT2D eigenvalue weighted by Gasteiger charge is 2.33. The SMILES string of the molecule is Cc1nc(CNc2ccc(N)cc2C(F)(F)F)oc1C. The van der Waals surface area contributed by atoms with Crippen LogP contribution in [0.2, 0.25) is 0 Å². The molecule has 20 heavy (non-hydrogen) atoms. The number of aromatic nitrogens is 1. The molecule has 4 nitrogen and oxygen atoms in total. The summed E-state index contributed by atoms with van der Waals surface area (Å²) in [5.74, 6) is 0.986. The second kappa shape index (κ2) is 5.07. The molecule has 2 aromatic rings. The zero-order chi connectivity index (χ0) is 14.9. The van der Waals surface area contributed by atoms with Gasteiger partial charge in [0, 0.05) is 11.4 Å². The van der Waals surface area contributed by atoms with Crippen LogP contribution in [-0.2, 0) is 12.7 Å². The molecule has 0 unspecified atom stereocenters. The summed E-state index contributed by atoms with van der Waals surface area (Å²) in [6, 6.07) is 3.60. The van der Waals surface area contributed by atoms with Gasteiger partial charge in [-0.2, -0.15) is 13.2 Å². The quantitative estimate of drug-likeness (QED) is 0.847. The number of nitrogen functional groups attached to an aromatic ring is 1. The van der Waals surface area contributed by atoms with Gasteiger partial charge in [0.05, 0.1) is 17.8 Å². The van der Waals surface area contributed by atoms with E-state index in [1.54, 1.807) is 13.8 Å². The molecule has 0 amide bonds. The van der Waals surface area contributed by atoms with Crippen LogP contribution in [0.1, 0.15) is 22.9 Å². The van der Waals surface area contributed by atoms with E-state index in [0.717, 1.165) is 11.8 Å². The van der Waals surface area contributed by atoms with Crippen LogP contribution in [0.15, 0.2) is 22.6 Å². The molecule has 0 saturated heterocycles. The first-order valence-electron chi connectivity index (χ1n) is 5.91. The smallest absolute Gasteiger partial charge is 0.418 e. The Morgan fingerprint density at radius 2 is 2.00 bits per heavy atom. The van der Waals surface area contributed by atoms with E-state index >= 15 is 0 Å². The van der Waals surface area contributed by atoms with E-state index in [2.05, 4.69) is 10.3 Å². The molecule has 0 aliphatic rings. The maximum atomic E-state index is 12.9. The van der Waals surface area contributed by atoms with Crippen molar-refractivity contribution in [3.63, 3.8) is 0 Å². The van der Waals surface area contributed by atoms with Crippen LogP contribution >= 0.6 is 0 Å². The van der Waals surface area contributed by atoms with E-state index in [-0.39, 0.29) is 17.9 Å². The Morgan fingerprint density at radius 3 is 2.55 bits per heavy atom. The number of hydrogen-bond acceptors (Lipinski definition) is 4. The first-order valence-corrected chi connectivity index (χ1v) is 5.91. The van der Waals surface area contributed by atoms with Crippen LogP contribution in [0.25, 0.3) is 0 Å². The molecule has 108 valence electrons. The molecule has 1 aromatic carbocycles. The number of aryl methyl sites for hydroxylation is 2. The number of nitrogens with one attached hydrogen (secondary N) is 1. The average molecular weight is 285 g/mol. The fourth-order valence-electron chi connectivity index (χ4n) is 1.74. The number of halogens is 3. The van der Waals surface area contributed by atoms with Gasteiger partial charge < -0.3 is 15.5 Å². The number of nitrogens with zero attached hydrogens (tertiary/aromatic N) is 1. The molecule has 0 fully saturated rings. The molecule has 0 bridgehead atoms. The van der Waals surface area contributed by atoms with Crippen LogP contribution in [0, 0.1) is 13.8 Å². The van der Waals surface area contributed by atoms with Crippen molar-refractivity contribution in [1.82, 2.24) is 4.98 Å². The van der Waals surface area contributed by atoms with Gasteiger partial charge in [-0.15, -0.1) is 0 Å². The van der Waals surface area contributed by atoms with Crippen molar-refractivity contribution in [2.45, 2.75) is 26.6 Å². The molecule has 0 aliphatic carbocycles. The summed E-state index contributed by atoms with van der Waals surface area (Å²) >= 11 is 0. The van der Waals surface area contributed by atoms with Crippen LogP contribution in [0.5, 0.6) is 0 Å². The molecule has 2 rings (SSSR count). The predicted molar refractivity (Wildman–Crippen MR) is 69.2 cm³/mol. The van der Waals surface area contributed by atoms with E-state index in [1.807, 2.05) is 0 Å². The third kappa shape index (κ3) is 3.04. The first kappa shape index (κ1) is 14.2. The standard InChI is InChI=1S/C13H14F3N3O/c1-7-8(2)20-12(19-7)6-18-11-4-3-9(17)5-10(11)13(14,15)16/h3-5,18H,6,17H2,1-2H3. The lowest BCUT2D eigenvalue weighted by Gasteiger charge is -2.14. The van der Waals surface area contributed by atoms with Gasteiger partial charge in [-0.05, 0) is 32.0 Å². The molecule has 0 aliphatic heterocycles. The molecule has 0 saturated carbocycles. The largest absolute Gasteiger partial charge is 0.444 e. The second-order valence-electron chi connectivity index (χ2n) is 4.41. The molecule has 3 N–H and O–H groups in total. The summed E-state index contributed by atoms with van der Waals surface area (Å²) in [6.07, 6.45) is -4.47. The Hall–Kier alpha value is -2.18. The summed E-state index contributed by atoms with van der Waals surface area (Å²) in [4.78, 5) is 4.10.